The summed E-state index contributed by atoms with van der Waals surface area (Å²) in [4.78, 5) is 26.5. The first-order valence-electron chi connectivity index (χ1n) is 8.07. The van der Waals surface area contributed by atoms with Crippen molar-refractivity contribution in [2.24, 2.45) is 0 Å². The number of carbonyl (C=O) groups excluding carboxylic acids is 2. The zero-order valence-electron chi connectivity index (χ0n) is 14.5. The van der Waals surface area contributed by atoms with Crippen molar-refractivity contribution in [2.75, 3.05) is 0 Å². The summed E-state index contributed by atoms with van der Waals surface area (Å²) in [6.45, 7) is 5.72. The van der Waals surface area contributed by atoms with E-state index < -0.39 is 23.7 Å². The minimum Gasteiger partial charge on any atom is -0.459 e. The molecule has 0 unspecified atom stereocenters. The highest BCUT2D eigenvalue weighted by Crippen LogP contribution is 2.34. The van der Waals surface area contributed by atoms with Crippen LogP contribution in [-0.4, -0.2) is 32.8 Å². The predicted molar refractivity (Wildman–Crippen MR) is 89.3 cm³/mol. The van der Waals surface area contributed by atoms with E-state index in [1.54, 1.807) is 27.0 Å². The SMILES string of the molecule is CC(C)(C)OC(=O)N1Cc2[nH]ncc2[C@@H]1C(=O)OCc1ccccc1. The van der Waals surface area contributed by atoms with Gasteiger partial charge in [0.25, 0.3) is 0 Å². The largest absolute Gasteiger partial charge is 0.459 e. The fraction of sp³-hybridized carbons (Fsp3) is 0.389. The number of aromatic nitrogens is 2. The monoisotopic (exact) mass is 343 g/mol. The van der Waals surface area contributed by atoms with Crippen molar-refractivity contribution < 1.29 is 19.1 Å². The molecule has 0 aliphatic carbocycles. The van der Waals surface area contributed by atoms with Gasteiger partial charge in [-0.05, 0) is 26.3 Å². The molecule has 1 aromatic carbocycles. The number of hydrogen-bond donors (Lipinski definition) is 1. The Morgan fingerprint density at radius 3 is 2.68 bits per heavy atom. The van der Waals surface area contributed by atoms with Crippen molar-refractivity contribution in [3.05, 3.63) is 53.3 Å². The van der Waals surface area contributed by atoms with E-state index in [0.717, 1.165) is 5.56 Å². The van der Waals surface area contributed by atoms with Crippen LogP contribution in [0.4, 0.5) is 4.79 Å². The quantitative estimate of drug-likeness (QED) is 0.866. The zero-order chi connectivity index (χ0) is 18.0. The van der Waals surface area contributed by atoms with Crippen LogP contribution in [0.1, 0.15) is 43.6 Å². The molecule has 7 heteroatoms. The number of nitrogens with one attached hydrogen (secondary N) is 1. The van der Waals surface area contributed by atoms with Gasteiger partial charge in [-0.3, -0.25) is 10.00 Å². The Morgan fingerprint density at radius 2 is 2.00 bits per heavy atom. The number of hydrogen-bond acceptors (Lipinski definition) is 5. The van der Waals surface area contributed by atoms with E-state index in [9.17, 15) is 9.59 Å². The zero-order valence-corrected chi connectivity index (χ0v) is 14.5. The minimum atomic E-state index is -0.854. The second-order valence-electron chi connectivity index (χ2n) is 6.91. The second-order valence-corrected chi connectivity index (χ2v) is 6.91. The number of amides is 1. The molecular weight excluding hydrogens is 322 g/mol. The summed E-state index contributed by atoms with van der Waals surface area (Å²) in [6.07, 6.45) is 0.993. The van der Waals surface area contributed by atoms with Gasteiger partial charge in [0, 0.05) is 5.56 Å². The summed E-state index contributed by atoms with van der Waals surface area (Å²) in [5.41, 5.74) is 1.59. The molecule has 2 heterocycles. The third-order valence-corrected chi connectivity index (χ3v) is 3.76. The molecule has 7 nitrogen and oxygen atoms in total. The van der Waals surface area contributed by atoms with Crippen LogP contribution in [0.5, 0.6) is 0 Å². The van der Waals surface area contributed by atoms with Crippen LogP contribution < -0.4 is 0 Å². The lowest BCUT2D eigenvalue weighted by molar-refractivity contribution is -0.151. The second kappa shape index (κ2) is 6.58. The predicted octanol–water partition coefficient (Wildman–Crippen LogP) is 2.94. The number of esters is 1. The first kappa shape index (κ1) is 17.0. The maximum atomic E-state index is 12.6. The number of nitrogens with zero attached hydrogens (tertiary/aromatic N) is 2. The van der Waals surface area contributed by atoms with E-state index in [2.05, 4.69) is 10.2 Å². The first-order valence-corrected chi connectivity index (χ1v) is 8.07. The van der Waals surface area contributed by atoms with Gasteiger partial charge in [0.2, 0.25) is 0 Å². The van der Waals surface area contributed by atoms with Crippen molar-refractivity contribution >= 4 is 12.1 Å². The van der Waals surface area contributed by atoms with E-state index in [-0.39, 0.29) is 13.2 Å². The molecule has 1 atom stereocenters. The van der Waals surface area contributed by atoms with E-state index in [0.29, 0.717) is 11.3 Å². The molecule has 1 N–H and O–H groups in total. The Morgan fingerprint density at radius 1 is 1.28 bits per heavy atom. The minimum absolute atomic E-state index is 0.144. The van der Waals surface area contributed by atoms with Crippen molar-refractivity contribution in [3.63, 3.8) is 0 Å². The molecule has 1 amide bonds. The third-order valence-electron chi connectivity index (χ3n) is 3.76. The Balaban J connectivity index is 1.75. The fourth-order valence-electron chi connectivity index (χ4n) is 2.67. The molecule has 1 aliphatic rings. The lowest BCUT2D eigenvalue weighted by Gasteiger charge is -2.27. The molecule has 1 aliphatic heterocycles. The van der Waals surface area contributed by atoms with Gasteiger partial charge in [0.05, 0.1) is 18.4 Å². The molecule has 0 radical (unpaired) electrons. The number of carbonyl (C=O) groups is 2. The van der Waals surface area contributed by atoms with Crippen LogP contribution in [0.3, 0.4) is 0 Å². The Labute approximate surface area is 145 Å². The normalized spacial score (nSPS) is 16.4. The molecule has 0 bridgehead atoms. The standard InChI is InChI=1S/C18H21N3O4/c1-18(2,3)25-17(23)21-10-14-13(9-19-20-14)15(21)16(22)24-11-12-7-5-4-6-8-12/h4-9,15H,10-11H2,1-3H3,(H,19,20)/t15-/m1/s1. The molecule has 0 fully saturated rings. The lowest BCUT2D eigenvalue weighted by Crippen LogP contribution is -2.39. The topological polar surface area (TPSA) is 84.5 Å². The Bertz CT molecular complexity index is 764. The molecule has 2 aromatic rings. The van der Waals surface area contributed by atoms with E-state index in [1.807, 2.05) is 30.3 Å². The smallest absolute Gasteiger partial charge is 0.411 e. The summed E-state index contributed by atoms with van der Waals surface area (Å²) >= 11 is 0. The molecule has 25 heavy (non-hydrogen) atoms. The number of rotatable bonds is 3. The molecule has 0 saturated carbocycles. The average Bonchev–Trinajstić information content (AvgIpc) is 3.12. The van der Waals surface area contributed by atoms with Crippen molar-refractivity contribution in [1.29, 1.82) is 0 Å². The van der Waals surface area contributed by atoms with E-state index in [1.165, 1.54) is 4.90 Å². The number of ether oxygens (including phenoxy) is 2. The lowest BCUT2D eigenvalue weighted by atomic mass is 10.1. The highest BCUT2D eigenvalue weighted by molar-refractivity contribution is 5.84. The Hall–Kier alpha value is -2.83. The number of benzene rings is 1. The van der Waals surface area contributed by atoms with Crippen LogP contribution >= 0.6 is 0 Å². The van der Waals surface area contributed by atoms with Crippen LogP contribution in [0.25, 0.3) is 0 Å². The first-order chi connectivity index (χ1) is 11.8. The van der Waals surface area contributed by atoms with Gasteiger partial charge in [-0.1, -0.05) is 30.3 Å². The molecule has 132 valence electrons. The summed E-state index contributed by atoms with van der Waals surface area (Å²) in [5.74, 6) is -0.505. The molecule has 0 spiro atoms. The highest BCUT2D eigenvalue weighted by atomic mass is 16.6. The van der Waals surface area contributed by atoms with Crippen LogP contribution in [0.15, 0.2) is 36.5 Å². The van der Waals surface area contributed by atoms with E-state index in [4.69, 9.17) is 9.47 Å². The van der Waals surface area contributed by atoms with Gasteiger partial charge in [-0.15, -0.1) is 0 Å². The Kier molecular flexibility index (Phi) is 4.48. The number of aromatic amines is 1. The third kappa shape index (κ3) is 3.81. The van der Waals surface area contributed by atoms with Crippen molar-refractivity contribution in [2.45, 2.75) is 45.6 Å². The van der Waals surface area contributed by atoms with E-state index >= 15 is 0 Å². The number of fused-ring (bicyclic) bond motifs is 1. The average molecular weight is 343 g/mol. The number of H-pyrrole nitrogens is 1. The van der Waals surface area contributed by atoms with Crippen LogP contribution in [-0.2, 0) is 27.4 Å². The summed E-state index contributed by atoms with van der Waals surface area (Å²) in [5, 5.41) is 6.77. The van der Waals surface area contributed by atoms with Crippen LogP contribution in [0.2, 0.25) is 0 Å². The van der Waals surface area contributed by atoms with Gasteiger partial charge < -0.3 is 9.47 Å². The van der Waals surface area contributed by atoms with Crippen molar-refractivity contribution in [3.8, 4) is 0 Å². The van der Waals surface area contributed by atoms with Gasteiger partial charge in [0.15, 0.2) is 6.04 Å². The molecule has 1 aromatic heterocycles. The summed E-state index contributed by atoms with van der Waals surface area (Å²) in [6, 6.07) is 8.53. The molecular formula is C18H21N3O4. The summed E-state index contributed by atoms with van der Waals surface area (Å²) in [7, 11) is 0. The van der Waals surface area contributed by atoms with Gasteiger partial charge >= 0.3 is 12.1 Å². The maximum Gasteiger partial charge on any atom is 0.411 e. The fourth-order valence-corrected chi connectivity index (χ4v) is 2.67. The summed E-state index contributed by atoms with van der Waals surface area (Å²) < 4.78 is 10.8. The molecule has 0 saturated heterocycles. The van der Waals surface area contributed by atoms with Gasteiger partial charge in [-0.25, -0.2) is 9.59 Å². The molecule has 3 rings (SSSR count). The van der Waals surface area contributed by atoms with Gasteiger partial charge in [-0.2, -0.15) is 5.10 Å². The maximum absolute atomic E-state index is 12.6. The van der Waals surface area contributed by atoms with Crippen molar-refractivity contribution in [1.82, 2.24) is 15.1 Å². The van der Waals surface area contributed by atoms with Crippen LogP contribution in [0, 0.1) is 0 Å². The highest BCUT2D eigenvalue weighted by Gasteiger charge is 2.42. The van der Waals surface area contributed by atoms with Gasteiger partial charge in [0.1, 0.15) is 12.2 Å².